The summed E-state index contributed by atoms with van der Waals surface area (Å²) in [4.78, 5) is 38.7. The average Bonchev–Trinajstić information content (AvgIpc) is 0.776. The Kier molecular flexibility index (Phi) is 49.6. The summed E-state index contributed by atoms with van der Waals surface area (Å²) in [6.45, 7) is 0.437. The van der Waals surface area contributed by atoms with E-state index in [0.717, 1.165) is 71.6 Å². The molecule has 6 aliphatic rings. The standard InChI is InChI=1S/C82H147N3O33/c1-5-7-9-11-13-15-17-19-20-21-22-23-24-25-26-28-30-32-34-36-38-40-58(94)85-50(51(93)39-37-35-33-31-29-27-18-16-14-12-10-8-6-2)46-107-79-70(104)67(101)74(55(44-89)112-79)116-81-71(105)68(102)75(56(45-90)113-81)117-82-72(106)76(63(97)53(42-87)110-82)118-78-59(83-48(3)91)64(98)62(96)57(114-78)47-108-77-60(84-49(4)92)65(99)73(54(43-88)111-77)115-80-69(103)66(100)61(95)52(41-86)109-80/h19-20,37,39,50-57,59-82,86-90,93,95-106H,5-18,21-36,38,40-47H2,1-4H3,(H,83,91)(H,84,92)(H,85,94)/b20-19-,39-37+/t50-,51+,52?,53?,54?,55?,56?,57?,59?,60?,61-,62-,63-,64+,65+,66-,67+,68+,69?,70?,71?,72?,73+,74+,75-,76-,77+,78-,79+,80-,81-,82-/m0/s1. The Hall–Kier alpha value is -3.31. The molecule has 0 bridgehead atoms. The van der Waals surface area contributed by atoms with Gasteiger partial charge in [-0.05, 0) is 44.9 Å². The predicted octanol–water partition coefficient (Wildman–Crippen LogP) is -0.307. The maximum absolute atomic E-state index is 13.6. The van der Waals surface area contributed by atoms with Crippen molar-refractivity contribution in [1.29, 1.82) is 0 Å². The van der Waals surface area contributed by atoms with E-state index in [2.05, 4.69) is 41.9 Å². The van der Waals surface area contributed by atoms with Crippen LogP contribution in [0, 0.1) is 0 Å². The third-order valence-corrected chi connectivity index (χ3v) is 22.9. The van der Waals surface area contributed by atoms with Crippen LogP contribution in [0.15, 0.2) is 24.3 Å². The molecule has 6 saturated heterocycles. The van der Waals surface area contributed by atoms with Gasteiger partial charge in [-0.2, -0.15) is 0 Å². The second-order valence-electron chi connectivity index (χ2n) is 32.5. The van der Waals surface area contributed by atoms with Gasteiger partial charge in [0.2, 0.25) is 17.7 Å². The van der Waals surface area contributed by atoms with Gasteiger partial charge in [0.1, 0.15) is 146 Å². The van der Waals surface area contributed by atoms with Crippen molar-refractivity contribution in [3.63, 3.8) is 0 Å². The Bertz CT molecular complexity index is 2750. The fourth-order valence-electron chi connectivity index (χ4n) is 15.8. The van der Waals surface area contributed by atoms with Crippen LogP contribution in [-0.2, 0) is 71.2 Å². The highest BCUT2D eigenvalue weighted by Gasteiger charge is 2.58. The number of aliphatic hydroxyl groups excluding tert-OH is 18. The molecule has 118 heavy (non-hydrogen) atoms. The highest BCUT2D eigenvalue weighted by Crippen LogP contribution is 2.37. The minimum Gasteiger partial charge on any atom is -0.394 e. The first-order valence-corrected chi connectivity index (χ1v) is 43.6. The Balaban J connectivity index is 1.03. The van der Waals surface area contributed by atoms with Crippen molar-refractivity contribution >= 4 is 17.7 Å². The molecule has 0 aromatic rings. The molecule has 32 atom stereocenters. The molecule has 6 fully saturated rings. The lowest BCUT2D eigenvalue weighted by molar-refractivity contribution is -0.387. The number of hydrogen-bond donors (Lipinski definition) is 21. The van der Waals surface area contributed by atoms with Gasteiger partial charge in [-0.15, -0.1) is 0 Å². The van der Waals surface area contributed by atoms with Crippen LogP contribution in [0.3, 0.4) is 0 Å². The summed E-state index contributed by atoms with van der Waals surface area (Å²) in [5, 5.41) is 208. The van der Waals surface area contributed by atoms with Gasteiger partial charge in [-0.3, -0.25) is 14.4 Å². The highest BCUT2D eigenvalue weighted by molar-refractivity contribution is 5.76. The zero-order chi connectivity index (χ0) is 86.2. The highest BCUT2D eigenvalue weighted by atomic mass is 16.8. The quantitative estimate of drug-likeness (QED) is 0.0274. The Labute approximate surface area is 694 Å². The van der Waals surface area contributed by atoms with Crippen LogP contribution in [0.1, 0.15) is 233 Å². The summed E-state index contributed by atoms with van der Waals surface area (Å²) in [6.07, 6.45) is -10.2. The van der Waals surface area contributed by atoms with E-state index in [1.807, 2.05) is 6.08 Å². The number of carbonyl (C=O) groups is 3. The van der Waals surface area contributed by atoms with Crippen molar-refractivity contribution in [1.82, 2.24) is 16.0 Å². The molecule has 0 saturated carbocycles. The van der Waals surface area contributed by atoms with Crippen molar-refractivity contribution in [3.05, 3.63) is 24.3 Å². The topological polar surface area (TPSA) is 562 Å². The molecule has 0 spiro atoms. The van der Waals surface area contributed by atoms with Crippen LogP contribution in [-0.4, -0.2) is 352 Å². The maximum Gasteiger partial charge on any atom is 0.220 e. The molecule has 6 aliphatic heterocycles. The van der Waals surface area contributed by atoms with Crippen molar-refractivity contribution < 1.29 is 163 Å². The smallest absolute Gasteiger partial charge is 0.220 e. The van der Waals surface area contributed by atoms with Crippen LogP contribution in [0.4, 0.5) is 0 Å². The van der Waals surface area contributed by atoms with Crippen molar-refractivity contribution in [2.75, 3.05) is 46.2 Å². The first-order valence-electron chi connectivity index (χ1n) is 43.6. The van der Waals surface area contributed by atoms with Crippen LogP contribution < -0.4 is 16.0 Å². The van der Waals surface area contributed by atoms with Crippen LogP contribution in [0.2, 0.25) is 0 Å². The van der Waals surface area contributed by atoms with E-state index in [0.29, 0.717) is 12.8 Å². The van der Waals surface area contributed by atoms with E-state index in [4.69, 9.17) is 56.8 Å². The Morgan fingerprint density at radius 2 is 0.686 bits per heavy atom. The lowest BCUT2D eigenvalue weighted by Crippen LogP contribution is -2.69. The lowest BCUT2D eigenvalue weighted by Gasteiger charge is -2.49. The van der Waals surface area contributed by atoms with E-state index >= 15 is 0 Å². The third kappa shape index (κ3) is 32.9. The number of carbonyl (C=O) groups excluding carboxylic acids is 3. The van der Waals surface area contributed by atoms with Gasteiger partial charge in [0.05, 0.1) is 58.4 Å². The molecule has 36 nitrogen and oxygen atoms in total. The van der Waals surface area contributed by atoms with Crippen molar-refractivity contribution in [3.8, 4) is 0 Å². The Morgan fingerprint density at radius 1 is 0.339 bits per heavy atom. The summed E-state index contributed by atoms with van der Waals surface area (Å²) in [6, 6.07) is -4.45. The monoisotopic (exact) mass is 1700 g/mol. The molecule has 6 heterocycles. The number of unbranched alkanes of at least 4 members (excludes halogenated alkanes) is 28. The number of rotatable bonds is 57. The number of nitrogens with one attached hydrogen (secondary N) is 3. The first-order chi connectivity index (χ1) is 56.8. The largest absolute Gasteiger partial charge is 0.394 e. The number of hydrogen-bond acceptors (Lipinski definition) is 33. The van der Waals surface area contributed by atoms with E-state index in [1.165, 1.54) is 128 Å². The fraction of sp³-hybridized carbons (Fsp3) is 0.915. The molecule has 0 aliphatic carbocycles. The van der Waals surface area contributed by atoms with Crippen molar-refractivity contribution in [2.45, 2.75) is 429 Å². The van der Waals surface area contributed by atoms with Gasteiger partial charge in [-0.25, -0.2) is 0 Å². The SMILES string of the molecule is CCCCCCCC/C=C\CCCCCCCCCCCCCC(=O)N[C@@H](CO[C@@H]1OC(CO)[C@@H](O[C@@H]2OC(CO)[C@H](O[C@@H]3OC(CO)[C@H](O)[C@H](O[C@@H]4OC(CO[C@@H]5OC(CO)[C@@H](O[C@@H]6OC(CO)[C@H](O)[C@H](O)C6O)[C@H](O)C5NC(C)=O)[C@H](O)[C@H](O)C4NC(C)=O)C3O)[C@H](O)C2O)[C@H](O)C1O)[C@H](O)/C=C/CCCCCCCCCCCCC. The van der Waals surface area contributed by atoms with Crippen molar-refractivity contribution in [2.24, 2.45) is 0 Å². The summed E-state index contributed by atoms with van der Waals surface area (Å²) in [5.41, 5.74) is 0. The molecular formula is C82H147N3O33. The van der Waals surface area contributed by atoms with Gasteiger partial charge < -0.3 is 165 Å². The molecule has 12 unspecified atom stereocenters. The molecule has 0 aromatic heterocycles. The van der Waals surface area contributed by atoms with Crippen LogP contribution in [0.25, 0.3) is 0 Å². The molecule has 3 amide bonds. The zero-order valence-corrected chi connectivity index (χ0v) is 69.5. The third-order valence-electron chi connectivity index (χ3n) is 22.9. The van der Waals surface area contributed by atoms with E-state index in [-0.39, 0.29) is 12.3 Å². The summed E-state index contributed by atoms with van der Waals surface area (Å²) >= 11 is 0. The van der Waals surface area contributed by atoms with E-state index in [9.17, 15) is 106 Å². The first kappa shape index (κ1) is 103. The van der Waals surface area contributed by atoms with E-state index < -0.39 is 254 Å². The summed E-state index contributed by atoms with van der Waals surface area (Å²) < 4.78 is 70.5. The van der Waals surface area contributed by atoms with Crippen LogP contribution >= 0.6 is 0 Å². The lowest BCUT2D eigenvalue weighted by atomic mass is 9.94. The number of allylic oxidation sites excluding steroid dienone is 3. The zero-order valence-electron chi connectivity index (χ0n) is 69.5. The number of amides is 3. The van der Waals surface area contributed by atoms with E-state index in [1.54, 1.807) is 6.08 Å². The number of aliphatic hydroxyl groups is 18. The average molecular weight is 1700 g/mol. The second kappa shape index (κ2) is 56.6. The Morgan fingerprint density at radius 3 is 1.14 bits per heavy atom. The molecular weight excluding hydrogens is 1550 g/mol. The van der Waals surface area contributed by atoms with Crippen LogP contribution in [0.5, 0.6) is 0 Å². The second-order valence-corrected chi connectivity index (χ2v) is 32.5. The summed E-state index contributed by atoms with van der Waals surface area (Å²) in [7, 11) is 0. The van der Waals surface area contributed by atoms with Gasteiger partial charge in [0.25, 0.3) is 0 Å². The normalized spacial score (nSPS) is 36.0. The molecule has 21 N–H and O–H groups in total. The molecule has 0 radical (unpaired) electrons. The molecule has 36 heteroatoms. The fourth-order valence-corrected chi connectivity index (χ4v) is 15.8. The van der Waals surface area contributed by atoms with Gasteiger partial charge in [0.15, 0.2) is 37.7 Å². The minimum atomic E-state index is -2.24. The maximum atomic E-state index is 13.6. The van der Waals surface area contributed by atoms with Gasteiger partial charge in [-0.1, -0.05) is 192 Å². The molecule has 0 aromatic carbocycles. The van der Waals surface area contributed by atoms with Gasteiger partial charge >= 0.3 is 0 Å². The summed E-state index contributed by atoms with van der Waals surface area (Å²) in [5.74, 6) is -1.95. The van der Waals surface area contributed by atoms with Gasteiger partial charge in [0, 0.05) is 20.3 Å². The minimum absolute atomic E-state index is 0.179. The number of ether oxygens (including phenoxy) is 12. The predicted molar refractivity (Wildman–Crippen MR) is 421 cm³/mol. The molecule has 6 rings (SSSR count). The molecule has 688 valence electrons.